The van der Waals surface area contributed by atoms with Gasteiger partial charge in [0.2, 0.25) is 5.95 Å². The maximum atomic E-state index is 12.7. The molecule has 1 aliphatic heterocycles. The zero-order chi connectivity index (χ0) is 15.4. The number of hydrogen-bond acceptors (Lipinski definition) is 4. The van der Waals surface area contributed by atoms with Gasteiger partial charge in [-0.25, -0.2) is 4.98 Å². The molecule has 6 nitrogen and oxygen atoms in total. The predicted octanol–water partition coefficient (Wildman–Crippen LogP) is 1.36. The van der Waals surface area contributed by atoms with E-state index in [1.807, 2.05) is 29.8 Å². The van der Waals surface area contributed by atoms with E-state index in [-0.39, 0.29) is 5.91 Å². The van der Waals surface area contributed by atoms with Gasteiger partial charge in [0.15, 0.2) is 0 Å². The van der Waals surface area contributed by atoms with Crippen LogP contribution in [-0.4, -0.2) is 65.5 Å². The van der Waals surface area contributed by atoms with E-state index in [0.717, 1.165) is 45.1 Å². The first-order valence-corrected chi connectivity index (χ1v) is 7.72. The molecule has 1 aromatic rings. The van der Waals surface area contributed by atoms with Crippen molar-refractivity contribution in [2.45, 2.75) is 26.8 Å². The second kappa shape index (κ2) is 6.93. The van der Waals surface area contributed by atoms with E-state index in [0.29, 0.717) is 11.6 Å². The van der Waals surface area contributed by atoms with Crippen LogP contribution in [0.25, 0.3) is 0 Å². The Labute approximate surface area is 127 Å². The van der Waals surface area contributed by atoms with Crippen molar-refractivity contribution in [1.82, 2.24) is 19.4 Å². The van der Waals surface area contributed by atoms with Crippen molar-refractivity contribution in [2.24, 2.45) is 5.92 Å². The third-order valence-corrected chi connectivity index (χ3v) is 3.54. The molecule has 0 bridgehead atoms. The van der Waals surface area contributed by atoms with Crippen LogP contribution in [0, 0.1) is 5.92 Å². The number of imidazole rings is 1. The number of carbonyl (C=O) groups is 1. The highest BCUT2D eigenvalue weighted by Gasteiger charge is 2.22. The van der Waals surface area contributed by atoms with Crippen LogP contribution >= 0.6 is 0 Å². The van der Waals surface area contributed by atoms with Gasteiger partial charge in [-0.1, -0.05) is 13.8 Å². The number of carbonyl (C=O) groups excluding carboxylic acids is 1. The van der Waals surface area contributed by atoms with Crippen LogP contribution in [0.15, 0.2) is 6.20 Å². The van der Waals surface area contributed by atoms with Crippen LogP contribution < -0.4 is 5.32 Å². The number of hydrogen-bond donors (Lipinski definition) is 1. The summed E-state index contributed by atoms with van der Waals surface area (Å²) < 4.78 is 2.04. The second-order valence-corrected chi connectivity index (χ2v) is 6.37. The van der Waals surface area contributed by atoms with Gasteiger partial charge in [-0.05, 0) is 26.4 Å². The average Bonchev–Trinajstić information content (AvgIpc) is 2.86. The van der Waals surface area contributed by atoms with Crippen molar-refractivity contribution in [3.05, 3.63) is 11.9 Å². The largest absolute Gasteiger partial charge is 0.356 e. The highest BCUT2D eigenvalue weighted by Crippen LogP contribution is 2.16. The lowest BCUT2D eigenvalue weighted by Gasteiger charge is -2.25. The smallest absolute Gasteiger partial charge is 0.274 e. The summed E-state index contributed by atoms with van der Waals surface area (Å²) in [7, 11) is 4.05. The molecule has 0 unspecified atom stereocenters. The Morgan fingerprint density at radius 1 is 1.43 bits per heavy atom. The quantitative estimate of drug-likeness (QED) is 0.860. The molecule has 1 N–H and O–H groups in total. The fourth-order valence-electron chi connectivity index (χ4n) is 2.48. The van der Waals surface area contributed by atoms with Crippen molar-refractivity contribution < 1.29 is 4.79 Å². The van der Waals surface area contributed by atoms with Gasteiger partial charge in [0, 0.05) is 38.9 Å². The topological polar surface area (TPSA) is 53.4 Å². The number of aromatic nitrogens is 2. The predicted molar refractivity (Wildman–Crippen MR) is 84.6 cm³/mol. The van der Waals surface area contributed by atoms with Gasteiger partial charge in [-0.2, -0.15) is 0 Å². The Bertz CT molecular complexity index is 457. The molecule has 1 aliphatic rings. The molecule has 0 atom stereocenters. The highest BCUT2D eigenvalue weighted by molar-refractivity contribution is 5.92. The SMILES string of the molecule is CC(C)CN(CCN(C)C)C(=O)c1cn2c(n1)NCCC2. The number of likely N-dealkylation sites (N-methyl/N-ethyl adjacent to an activating group) is 1. The third-order valence-electron chi connectivity index (χ3n) is 3.54. The van der Waals surface area contributed by atoms with E-state index in [2.05, 4.69) is 29.0 Å². The summed E-state index contributed by atoms with van der Waals surface area (Å²) >= 11 is 0. The normalized spacial score (nSPS) is 14.2. The molecule has 0 saturated heterocycles. The molecule has 0 aliphatic carbocycles. The summed E-state index contributed by atoms with van der Waals surface area (Å²) in [6.45, 7) is 8.50. The number of fused-ring (bicyclic) bond motifs is 1. The minimum atomic E-state index is 0.0363. The zero-order valence-electron chi connectivity index (χ0n) is 13.6. The molecule has 2 rings (SSSR count). The van der Waals surface area contributed by atoms with E-state index < -0.39 is 0 Å². The molecule has 1 amide bonds. The van der Waals surface area contributed by atoms with E-state index in [9.17, 15) is 4.79 Å². The second-order valence-electron chi connectivity index (χ2n) is 6.37. The van der Waals surface area contributed by atoms with Crippen molar-refractivity contribution in [3.63, 3.8) is 0 Å². The molecule has 6 heteroatoms. The maximum Gasteiger partial charge on any atom is 0.274 e. The number of aryl methyl sites for hydroxylation is 1. The number of rotatable bonds is 6. The molecular weight excluding hydrogens is 266 g/mol. The van der Waals surface area contributed by atoms with Gasteiger partial charge in [0.05, 0.1) is 0 Å². The van der Waals surface area contributed by atoms with Gasteiger partial charge in [-0.3, -0.25) is 4.79 Å². The molecular formula is C15H27N5O. The third kappa shape index (κ3) is 4.20. The van der Waals surface area contributed by atoms with Crippen molar-refractivity contribution in [3.8, 4) is 0 Å². The molecule has 0 spiro atoms. The molecule has 2 heterocycles. The van der Waals surface area contributed by atoms with Crippen LogP contribution in [0.3, 0.4) is 0 Å². The molecule has 0 aromatic carbocycles. The standard InChI is InChI=1S/C15H27N5O/c1-12(2)10-19(9-8-18(3)4)14(21)13-11-20-7-5-6-16-15(20)17-13/h11-12H,5-10H2,1-4H3,(H,16,17). The first-order chi connectivity index (χ1) is 9.97. The lowest BCUT2D eigenvalue weighted by molar-refractivity contribution is 0.0719. The molecule has 0 fully saturated rings. The summed E-state index contributed by atoms with van der Waals surface area (Å²) in [6.07, 6.45) is 2.96. The summed E-state index contributed by atoms with van der Waals surface area (Å²) in [5.74, 6) is 1.31. The minimum absolute atomic E-state index is 0.0363. The molecule has 0 radical (unpaired) electrons. The Balaban J connectivity index is 2.10. The number of amides is 1. The summed E-state index contributed by atoms with van der Waals surface area (Å²) in [6, 6.07) is 0. The first kappa shape index (κ1) is 15.8. The van der Waals surface area contributed by atoms with Crippen LogP contribution in [0.5, 0.6) is 0 Å². The van der Waals surface area contributed by atoms with Crippen LogP contribution in [-0.2, 0) is 6.54 Å². The van der Waals surface area contributed by atoms with Gasteiger partial charge < -0.3 is 19.7 Å². The maximum absolute atomic E-state index is 12.7. The fraction of sp³-hybridized carbons (Fsp3) is 0.733. The average molecular weight is 293 g/mol. The monoisotopic (exact) mass is 293 g/mol. The Morgan fingerprint density at radius 3 is 2.81 bits per heavy atom. The van der Waals surface area contributed by atoms with Crippen molar-refractivity contribution in [1.29, 1.82) is 0 Å². The Hall–Kier alpha value is -1.56. The van der Waals surface area contributed by atoms with Gasteiger partial charge in [0.1, 0.15) is 5.69 Å². The lowest BCUT2D eigenvalue weighted by Crippen LogP contribution is -2.39. The fourth-order valence-corrected chi connectivity index (χ4v) is 2.48. The van der Waals surface area contributed by atoms with Gasteiger partial charge >= 0.3 is 0 Å². The van der Waals surface area contributed by atoms with Crippen molar-refractivity contribution in [2.75, 3.05) is 45.6 Å². The number of anilines is 1. The zero-order valence-corrected chi connectivity index (χ0v) is 13.6. The van der Waals surface area contributed by atoms with E-state index >= 15 is 0 Å². The van der Waals surface area contributed by atoms with E-state index in [1.54, 1.807) is 0 Å². The van der Waals surface area contributed by atoms with Crippen LogP contribution in [0.4, 0.5) is 5.95 Å². The van der Waals surface area contributed by atoms with E-state index in [1.165, 1.54) is 0 Å². The number of nitrogens with zero attached hydrogens (tertiary/aromatic N) is 4. The van der Waals surface area contributed by atoms with Crippen LogP contribution in [0.2, 0.25) is 0 Å². The first-order valence-electron chi connectivity index (χ1n) is 7.72. The molecule has 1 aromatic heterocycles. The minimum Gasteiger partial charge on any atom is -0.356 e. The Morgan fingerprint density at radius 2 is 2.19 bits per heavy atom. The van der Waals surface area contributed by atoms with Gasteiger partial charge in [0.25, 0.3) is 5.91 Å². The Kier molecular flexibility index (Phi) is 5.22. The van der Waals surface area contributed by atoms with Gasteiger partial charge in [-0.15, -0.1) is 0 Å². The van der Waals surface area contributed by atoms with Crippen LogP contribution in [0.1, 0.15) is 30.8 Å². The number of nitrogens with one attached hydrogen (secondary N) is 1. The molecule has 21 heavy (non-hydrogen) atoms. The van der Waals surface area contributed by atoms with Crippen molar-refractivity contribution >= 4 is 11.9 Å². The summed E-state index contributed by atoms with van der Waals surface area (Å²) in [5.41, 5.74) is 0.554. The lowest BCUT2D eigenvalue weighted by atomic mass is 10.2. The van der Waals surface area contributed by atoms with E-state index in [4.69, 9.17) is 0 Å². The summed E-state index contributed by atoms with van der Waals surface area (Å²) in [4.78, 5) is 21.2. The summed E-state index contributed by atoms with van der Waals surface area (Å²) in [5, 5.41) is 3.24. The molecule has 118 valence electrons. The highest BCUT2D eigenvalue weighted by atomic mass is 16.2. The molecule has 0 saturated carbocycles.